The number of rotatable bonds is 5. The summed E-state index contributed by atoms with van der Waals surface area (Å²) in [7, 11) is 0. The van der Waals surface area contributed by atoms with E-state index in [1.54, 1.807) is 12.1 Å². The third-order valence-electron chi connectivity index (χ3n) is 3.55. The number of hydrogen-bond acceptors (Lipinski definition) is 4. The summed E-state index contributed by atoms with van der Waals surface area (Å²) < 4.78 is 14.3. The lowest BCUT2D eigenvalue weighted by molar-refractivity contribution is -0.122. The molecule has 0 fully saturated rings. The Hall–Kier alpha value is -3.00. The number of aromatic amines is 1. The molecule has 128 valence electrons. The molecule has 25 heavy (non-hydrogen) atoms. The van der Waals surface area contributed by atoms with Crippen molar-refractivity contribution in [1.29, 1.82) is 0 Å². The monoisotopic (exact) mass is 359 g/mol. The number of nitrogens with one attached hydrogen (secondary N) is 2. The maximum Gasteiger partial charge on any atom is 0.328 e. The third kappa shape index (κ3) is 4.10. The number of H-pyrrole nitrogens is 1. The molecular formula is C17H14FN3O3S. The highest BCUT2D eigenvalue weighted by molar-refractivity contribution is 7.10. The number of carbonyl (C=O) groups excluding carboxylic acids is 1. The first-order valence-electron chi connectivity index (χ1n) is 7.41. The average Bonchev–Trinajstić information content (AvgIpc) is 3.10. The Kier molecular flexibility index (Phi) is 4.90. The van der Waals surface area contributed by atoms with Gasteiger partial charge in [0, 0.05) is 17.1 Å². The van der Waals surface area contributed by atoms with Gasteiger partial charge in [0.2, 0.25) is 5.91 Å². The van der Waals surface area contributed by atoms with E-state index >= 15 is 0 Å². The van der Waals surface area contributed by atoms with E-state index in [0.29, 0.717) is 0 Å². The van der Waals surface area contributed by atoms with Gasteiger partial charge in [-0.1, -0.05) is 18.2 Å². The van der Waals surface area contributed by atoms with Gasteiger partial charge in [-0.05, 0) is 29.1 Å². The van der Waals surface area contributed by atoms with Crippen molar-refractivity contribution in [1.82, 2.24) is 14.9 Å². The molecule has 1 aromatic carbocycles. The number of benzene rings is 1. The summed E-state index contributed by atoms with van der Waals surface area (Å²) in [6, 6.07) is 10.3. The second kappa shape index (κ2) is 7.27. The second-order valence-corrected chi connectivity index (χ2v) is 6.28. The molecule has 6 nitrogen and oxygen atoms in total. The lowest BCUT2D eigenvalue weighted by Gasteiger charge is -2.18. The van der Waals surface area contributed by atoms with Gasteiger partial charge in [0.05, 0.1) is 6.04 Å². The van der Waals surface area contributed by atoms with Crippen molar-refractivity contribution in [2.75, 3.05) is 0 Å². The predicted molar refractivity (Wildman–Crippen MR) is 92.0 cm³/mol. The van der Waals surface area contributed by atoms with Gasteiger partial charge in [-0.2, -0.15) is 0 Å². The van der Waals surface area contributed by atoms with Gasteiger partial charge in [-0.15, -0.1) is 11.3 Å². The number of amides is 1. The minimum atomic E-state index is -0.655. The van der Waals surface area contributed by atoms with E-state index in [1.165, 1.54) is 35.7 Å². The topological polar surface area (TPSA) is 84.0 Å². The molecule has 8 heteroatoms. The molecule has 2 N–H and O–H groups in total. The highest BCUT2D eigenvalue weighted by Crippen LogP contribution is 2.26. The fraction of sp³-hybridized carbons (Fsp3) is 0.118. The summed E-state index contributed by atoms with van der Waals surface area (Å²) in [5.74, 6) is -0.767. The van der Waals surface area contributed by atoms with Crippen LogP contribution in [0.2, 0.25) is 0 Å². The van der Waals surface area contributed by atoms with Crippen molar-refractivity contribution < 1.29 is 9.18 Å². The van der Waals surface area contributed by atoms with Crippen molar-refractivity contribution in [2.45, 2.75) is 12.6 Å². The van der Waals surface area contributed by atoms with E-state index in [-0.39, 0.29) is 12.4 Å². The van der Waals surface area contributed by atoms with Crippen molar-refractivity contribution in [3.05, 3.63) is 91.1 Å². The maximum atomic E-state index is 13.2. The average molecular weight is 359 g/mol. The first kappa shape index (κ1) is 16.8. The Bertz CT molecular complexity index is 977. The van der Waals surface area contributed by atoms with Crippen LogP contribution in [0.25, 0.3) is 0 Å². The smallest absolute Gasteiger partial charge is 0.328 e. The van der Waals surface area contributed by atoms with E-state index in [9.17, 15) is 18.8 Å². The van der Waals surface area contributed by atoms with Crippen LogP contribution < -0.4 is 16.6 Å². The first-order chi connectivity index (χ1) is 12.0. The van der Waals surface area contributed by atoms with E-state index in [1.807, 2.05) is 17.5 Å². The fourth-order valence-electron chi connectivity index (χ4n) is 2.36. The molecule has 0 radical (unpaired) electrons. The normalized spacial score (nSPS) is 11.9. The van der Waals surface area contributed by atoms with Crippen LogP contribution >= 0.6 is 11.3 Å². The Morgan fingerprint density at radius 2 is 1.96 bits per heavy atom. The maximum absolute atomic E-state index is 13.2. The minimum absolute atomic E-state index is 0.237. The molecule has 2 heterocycles. The molecule has 0 aliphatic rings. The summed E-state index contributed by atoms with van der Waals surface area (Å²) in [6.45, 7) is -0.237. The second-order valence-electron chi connectivity index (χ2n) is 5.31. The number of halogens is 1. The summed E-state index contributed by atoms with van der Waals surface area (Å²) in [4.78, 5) is 38.1. The molecule has 1 unspecified atom stereocenters. The van der Waals surface area contributed by atoms with Gasteiger partial charge in [0.25, 0.3) is 5.56 Å². The van der Waals surface area contributed by atoms with Crippen molar-refractivity contribution >= 4 is 17.2 Å². The lowest BCUT2D eigenvalue weighted by atomic mass is 10.1. The molecule has 0 bridgehead atoms. The lowest BCUT2D eigenvalue weighted by Crippen LogP contribution is -2.37. The van der Waals surface area contributed by atoms with Gasteiger partial charge in [0.15, 0.2) is 0 Å². The van der Waals surface area contributed by atoms with Crippen LogP contribution in [-0.4, -0.2) is 15.5 Å². The summed E-state index contributed by atoms with van der Waals surface area (Å²) in [5, 5.41) is 4.72. The molecular weight excluding hydrogens is 345 g/mol. The van der Waals surface area contributed by atoms with Crippen LogP contribution in [0.3, 0.4) is 0 Å². The summed E-state index contributed by atoms with van der Waals surface area (Å²) in [5.41, 5.74) is -0.451. The zero-order valence-corrected chi connectivity index (χ0v) is 13.8. The largest absolute Gasteiger partial charge is 0.343 e. The van der Waals surface area contributed by atoms with Crippen LogP contribution in [0, 0.1) is 5.82 Å². The summed E-state index contributed by atoms with van der Waals surface area (Å²) in [6.07, 6.45) is 1.26. The molecule has 1 atom stereocenters. The Morgan fingerprint density at radius 1 is 1.20 bits per heavy atom. The highest BCUT2D eigenvalue weighted by Gasteiger charge is 2.18. The Balaban J connectivity index is 1.82. The number of nitrogens with zero attached hydrogens (tertiary/aromatic N) is 1. The Labute approximate surface area is 145 Å². The molecule has 0 aliphatic heterocycles. The van der Waals surface area contributed by atoms with Gasteiger partial charge in [-0.3, -0.25) is 19.1 Å². The number of thiophene rings is 1. The molecule has 0 saturated carbocycles. The number of carbonyl (C=O) groups is 1. The molecule has 0 saturated heterocycles. The van der Waals surface area contributed by atoms with Gasteiger partial charge in [-0.25, -0.2) is 9.18 Å². The van der Waals surface area contributed by atoms with Crippen LogP contribution in [0.1, 0.15) is 16.5 Å². The zero-order chi connectivity index (χ0) is 17.8. The molecule has 3 rings (SSSR count). The predicted octanol–water partition coefficient (Wildman–Crippen LogP) is 1.64. The molecule has 0 spiro atoms. The highest BCUT2D eigenvalue weighted by atomic mass is 32.1. The van der Waals surface area contributed by atoms with E-state index in [2.05, 4.69) is 10.3 Å². The quantitative estimate of drug-likeness (QED) is 0.726. The van der Waals surface area contributed by atoms with E-state index in [0.717, 1.165) is 15.0 Å². The standard InChI is InChI=1S/C17H14FN3O3S/c18-12-5-3-11(4-6-12)16(13-2-1-9-25-13)19-15(23)10-21-8-7-14(22)20-17(21)24/h1-9,16H,10H2,(H,19,23)(H,20,22,24). The zero-order valence-electron chi connectivity index (χ0n) is 12.9. The molecule has 2 aromatic heterocycles. The molecule has 0 aliphatic carbocycles. The van der Waals surface area contributed by atoms with Crippen molar-refractivity contribution in [3.8, 4) is 0 Å². The van der Waals surface area contributed by atoms with Gasteiger partial charge >= 0.3 is 5.69 Å². The minimum Gasteiger partial charge on any atom is -0.343 e. The Morgan fingerprint density at radius 3 is 2.60 bits per heavy atom. The molecule has 1 amide bonds. The van der Waals surface area contributed by atoms with Crippen molar-refractivity contribution in [2.24, 2.45) is 0 Å². The fourth-order valence-corrected chi connectivity index (χ4v) is 3.16. The van der Waals surface area contributed by atoms with Crippen LogP contribution in [-0.2, 0) is 11.3 Å². The number of aromatic nitrogens is 2. The van der Waals surface area contributed by atoms with Crippen LogP contribution in [0.15, 0.2) is 63.6 Å². The first-order valence-corrected chi connectivity index (χ1v) is 8.29. The van der Waals surface area contributed by atoms with E-state index in [4.69, 9.17) is 0 Å². The molecule has 3 aromatic rings. The van der Waals surface area contributed by atoms with Crippen LogP contribution in [0.4, 0.5) is 4.39 Å². The van der Waals surface area contributed by atoms with Gasteiger partial charge in [0.1, 0.15) is 12.4 Å². The van der Waals surface area contributed by atoms with Crippen LogP contribution in [0.5, 0.6) is 0 Å². The van der Waals surface area contributed by atoms with Crippen molar-refractivity contribution in [3.63, 3.8) is 0 Å². The SMILES string of the molecule is O=C(Cn1ccc(=O)[nH]c1=O)NC(c1ccc(F)cc1)c1cccs1. The van der Waals surface area contributed by atoms with Gasteiger partial charge < -0.3 is 5.32 Å². The van der Waals surface area contributed by atoms with E-state index < -0.39 is 23.2 Å². The number of hydrogen-bond donors (Lipinski definition) is 2. The third-order valence-corrected chi connectivity index (χ3v) is 4.48. The summed E-state index contributed by atoms with van der Waals surface area (Å²) >= 11 is 1.46.